The van der Waals surface area contributed by atoms with Crippen molar-refractivity contribution in [1.29, 1.82) is 0 Å². The van der Waals surface area contributed by atoms with E-state index < -0.39 is 0 Å². The zero-order valence-corrected chi connectivity index (χ0v) is 13.2. The molecule has 0 aromatic heterocycles. The van der Waals surface area contributed by atoms with Crippen LogP contribution in [-0.2, 0) is 0 Å². The Morgan fingerprint density at radius 2 is 2.20 bits per heavy atom. The normalized spacial score (nSPS) is 28.7. The molecule has 0 heterocycles. The minimum atomic E-state index is -0.145. The molecule has 106 valence electrons. The summed E-state index contributed by atoms with van der Waals surface area (Å²) < 4.78 is 0.902. The van der Waals surface area contributed by atoms with Crippen LogP contribution in [0.15, 0.2) is 33.8 Å². The van der Waals surface area contributed by atoms with Crippen molar-refractivity contribution in [3.05, 3.63) is 34.3 Å². The van der Waals surface area contributed by atoms with Crippen LogP contribution in [-0.4, -0.2) is 11.6 Å². The minimum absolute atomic E-state index is 0.145. The Balaban J connectivity index is 1.63. The second kappa shape index (κ2) is 5.68. The second-order valence-electron chi connectivity index (χ2n) is 5.99. The molecule has 4 heteroatoms. The van der Waals surface area contributed by atoms with Crippen molar-refractivity contribution in [3.63, 3.8) is 0 Å². The second-order valence-corrected chi connectivity index (χ2v) is 6.90. The van der Waals surface area contributed by atoms with E-state index in [9.17, 15) is 4.79 Å². The summed E-state index contributed by atoms with van der Waals surface area (Å²) >= 11 is 3.37. The van der Waals surface area contributed by atoms with E-state index in [0.717, 1.165) is 22.0 Å². The molecule has 0 radical (unpaired) electrons. The predicted molar refractivity (Wildman–Crippen MR) is 83.7 cm³/mol. The molecule has 0 saturated heterocycles. The van der Waals surface area contributed by atoms with Crippen LogP contribution in [0.5, 0.6) is 0 Å². The molecule has 3 nitrogen and oxygen atoms in total. The Bertz CT molecular complexity index is 555. The minimum Gasteiger partial charge on any atom is -0.267 e. The van der Waals surface area contributed by atoms with Crippen molar-refractivity contribution >= 4 is 27.5 Å². The van der Waals surface area contributed by atoms with Crippen LogP contribution in [0.1, 0.15) is 43.0 Å². The monoisotopic (exact) mass is 334 g/mol. The van der Waals surface area contributed by atoms with Crippen molar-refractivity contribution in [2.24, 2.45) is 22.9 Å². The molecule has 2 aliphatic rings. The summed E-state index contributed by atoms with van der Waals surface area (Å²) in [6.07, 6.45) is 5.34. The number of hydrogen-bond donors (Lipinski definition) is 1. The molecule has 3 rings (SSSR count). The van der Waals surface area contributed by atoms with Crippen LogP contribution < -0.4 is 5.43 Å². The van der Waals surface area contributed by atoms with E-state index in [2.05, 4.69) is 26.5 Å². The molecule has 2 fully saturated rings. The van der Waals surface area contributed by atoms with Crippen molar-refractivity contribution in [1.82, 2.24) is 5.43 Å². The lowest BCUT2D eigenvalue weighted by Gasteiger charge is -2.21. The van der Waals surface area contributed by atoms with Gasteiger partial charge in [0.1, 0.15) is 0 Å². The molecule has 20 heavy (non-hydrogen) atoms. The number of hydrazone groups is 1. The highest BCUT2D eigenvalue weighted by molar-refractivity contribution is 9.10. The number of halogens is 1. The lowest BCUT2D eigenvalue weighted by atomic mass is 9.86. The highest BCUT2D eigenvalue weighted by Crippen LogP contribution is 2.48. The Labute approximate surface area is 128 Å². The molecule has 0 aliphatic heterocycles. The van der Waals surface area contributed by atoms with Gasteiger partial charge in [-0.2, -0.15) is 5.10 Å². The Morgan fingerprint density at radius 3 is 2.85 bits per heavy atom. The lowest BCUT2D eigenvalue weighted by Crippen LogP contribution is -2.24. The third-order valence-corrected chi connectivity index (χ3v) is 5.19. The van der Waals surface area contributed by atoms with Crippen LogP contribution in [0, 0.1) is 17.8 Å². The van der Waals surface area contributed by atoms with Crippen molar-refractivity contribution in [3.8, 4) is 0 Å². The van der Waals surface area contributed by atoms with E-state index in [1.165, 1.54) is 25.7 Å². The van der Waals surface area contributed by atoms with Crippen molar-refractivity contribution in [2.75, 3.05) is 0 Å². The van der Waals surface area contributed by atoms with Crippen LogP contribution in [0.4, 0.5) is 0 Å². The summed E-state index contributed by atoms with van der Waals surface area (Å²) in [6.45, 7) is 2.05. The van der Waals surface area contributed by atoms with Gasteiger partial charge in [0, 0.05) is 21.7 Å². The van der Waals surface area contributed by atoms with Gasteiger partial charge in [-0.3, -0.25) is 4.79 Å². The number of fused-ring (bicyclic) bond motifs is 2. The zero-order chi connectivity index (χ0) is 14.1. The number of carbonyl (C=O) groups is 1. The maximum absolute atomic E-state index is 12.0. The van der Waals surface area contributed by atoms with Gasteiger partial charge in [-0.15, -0.1) is 0 Å². The number of rotatable bonds is 3. The summed E-state index contributed by atoms with van der Waals surface area (Å²) in [5.74, 6) is 2.13. The highest BCUT2D eigenvalue weighted by Gasteiger charge is 2.40. The van der Waals surface area contributed by atoms with Gasteiger partial charge in [0.25, 0.3) is 5.91 Å². The number of hydrogen-bond acceptors (Lipinski definition) is 2. The van der Waals surface area contributed by atoms with Crippen LogP contribution in [0.2, 0.25) is 0 Å². The average Bonchev–Trinajstić information content (AvgIpc) is 3.07. The first-order valence-electron chi connectivity index (χ1n) is 7.23. The lowest BCUT2D eigenvalue weighted by molar-refractivity contribution is 0.0954. The number of carbonyl (C=O) groups excluding carboxylic acids is 1. The fourth-order valence-corrected chi connectivity index (χ4v) is 4.07. The van der Waals surface area contributed by atoms with E-state index >= 15 is 0 Å². The molecule has 1 amide bonds. The molecule has 1 aromatic rings. The number of amides is 1. The molecule has 1 aromatic carbocycles. The average molecular weight is 335 g/mol. The summed E-state index contributed by atoms with van der Waals surface area (Å²) in [4.78, 5) is 12.0. The summed E-state index contributed by atoms with van der Waals surface area (Å²) in [6, 6.07) is 7.35. The summed E-state index contributed by atoms with van der Waals surface area (Å²) in [7, 11) is 0. The maximum atomic E-state index is 12.0. The van der Waals surface area contributed by atoms with E-state index in [4.69, 9.17) is 0 Å². The van der Waals surface area contributed by atoms with Crippen molar-refractivity contribution in [2.45, 2.75) is 32.6 Å². The predicted octanol–water partition coefficient (Wildman–Crippen LogP) is 3.99. The largest absolute Gasteiger partial charge is 0.271 e. The standard InChI is InChI=1S/C16H19BrN2O/c1-10(15-8-11-5-6-12(15)7-11)18-19-16(20)13-3-2-4-14(17)9-13/h2-4,9,11-12,15H,5-8H2,1H3,(H,19,20)/b18-10-/t11-,12-,15+/m1/s1. The Kier molecular flexibility index (Phi) is 3.92. The van der Waals surface area contributed by atoms with Crippen LogP contribution in [0.25, 0.3) is 0 Å². The molecule has 0 unspecified atom stereocenters. The van der Waals surface area contributed by atoms with Crippen molar-refractivity contribution < 1.29 is 4.79 Å². The highest BCUT2D eigenvalue weighted by atomic mass is 79.9. The smallest absolute Gasteiger partial charge is 0.267 e. The van der Waals surface area contributed by atoms with Gasteiger partial charge in [0.2, 0.25) is 0 Å². The van der Waals surface area contributed by atoms with Gasteiger partial charge in [0.15, 0.2) is 0 Å². The first kappa shape index (κ1) is 13.8. The third kappa shape index (κ3) is 2.80. The van der Waals surface area contributed by atoms with E-state index in [1.807, 2.05) is 19.1 Å². The van der Waals surface area contributed by atoms with Gasteiger partial charge in [-0.05, 0) is 56.2 Å². The third-order valence-electron chi connectivity index (χ3n) is 4.70. The van der Waals surface area contributed by atoms with Gasteiger partial charge in [-0.25, -0.2) is 5.43 Å². The number of nitrogens with zero attached hydrogens (tertiary/aromatic N) is 1. The molecule has 2 saturated carbocycles. The SMILES string of the molecule is C/C(=N/NC(=O)c1cccc(Br)c1)[C@@H]1C[C@@H]2CC[C@@H]1C2. The molecule has 0 spiro atoms. The quantitative estimate of drug-likeness (QED) is 0.659. The maximum Gasteiger partial charge on any atom is 0.271 e. The Morgan fingerprint density at radius 1 is 1.35 bits per heavy atom. The van der Waals surface area contributed by atoms with E-state index in [0.29, 0.717) is 11.5 Å². The number of nitrogens with one attached hydrogen (secondary N) is 1. The molecule has 2 bridgehead atoms. The zero-order valence-electron chi connectivity index (χ0n) is 11.6. The molecular formula is C16H19BrN2O. The summed E-state index contributed by atoms with van der Waals surface area (Å²) in [5.41, 5.74) is 4.40. The fourth-order valence-electron chi connectivity index (χ4n) is 3.67. The van der Waals surface area contributed by atoms with Crippen LogP contribution >= 0.6 is 15.9 Å². The van der Waals surface area contributed by atoms with Gasteiger partial charge < -0.3 is 0 Å². The first-order valence-corrected chi connectivity index (χ1v) is 8.03. The number of benzene rings is 1. The van der Waals surface area contributed by atoms with Gasteiger partial charge in [0.05, 0.1) is 0 Å². The Hall–Kier alpha value is -1.16. The molecular weight excluding hydrogens is 316 g/mol. The van der Waals surface area contributed by atoms with Gasteiger partial charge in [-0.1, -0.05) is 28.4 Å². The van der Waals surface area contributed by atoms with E-state index in [-0.39, 0.29) is 5.91 Å². The molecule has 2 aliphatic carbocycles. The van der Waals surface area contributed by atoms with Crippen LogP contribution in [0.3, 0.4) is 0 Å². The van der Waals surface area contributed by atoms with Gasteiger partial charge >= 0.3 is 0 Å². The molecule has 1 N–H and O–H groups in total. The molecule has 3 atom stereocenters. The topological polar surface area (TPSA) is 41.5 Å². The van der Waals surface area contributed by atoms with E-state index in [1.54, 1.807) is 12.1 Å². The summed E-state index contributed by atoms with van der Waals surface area (Å²) in [5, 5.41) is 4.33. The first-order chi connectivity index (χ1) is 9.63. The fraction of sp³-hybridized carbons (Fsp3) is 0.500.